The number of aromatic amines is 1. The summed E-state index contributed by atoms with van der Waals surface area (Å²) in [6.07, 6.45) is 10.1. The van der Waals surface area contributed by atoms with E-state index in [0.29, 0.717) is 0 Å². The van der Waals surface area contributed by atoms with Crippen molar-refractivity contribution in [3.8, 4) is 11.3 Å². The van der Waals surface area contributed by atoms with Gasteiger partial charge in [0.2, 0.25) is 0 Å². The number of pyridine rings is 1. The smallest absolute Gasteiger partial charge is 0.137 e. The molecule has 0 aromatic carbocycles. The predicted octanol–water partition coefficient (Wildman–Crippen LogP) is 1.52. The molecule has 3 aromatic heterocycles. The fraction of sp³-hybridized carbons (Fsp3) is 0. The van der Waals surface area contributed by atoms with Crippen molar-refractivity contribution in [2.24, 2.45) is 0 Å². The van der Waals surface area contributed by atoms with E-state index in [1.807, 2.05) is 28.9 Å². The van der Waals surface area contributed by atoms with E-state index in [4.69, 9.17) is 0 Å². The maximum atomic E-state index is 4.18. The molecule has 1 N–H and O–H groups in total. The van der Waals surface area contributed by atoms with E-state index in [1.165, 1.54) is 0 Å². The number of hydrogen-bond donors (Lipinski definition) is 1. The first kappa shape index (κ1) is 7.32. The van der Waals surface area contributed by atoms with E-state index in [9.17, 15) is 0 Å². The average molecular weight is 183 g/mol. The van der Waals surface area contributed by atoms with Crippen LogP contribution in [0.5, 0.6) is 0 Å². The van der Waals surface area contributed by atoms with Crippen molar-refractivity contribution in [1.29, 1.82) is 0 Å². The molecule has 14 heavy (non-hydrogen) atoms. The van der Waals surface area contributed by atoms with E-state index in [0.717, 1.165) is 16.9 Å². The van der Waals surface area contributed by atoms with Crippen LogP contribution in [0.15, 0.2) is 37.1 Å². The van der Waals surface area contributed by atoms with Gasteiger partial charge in [0.1, 0.15) is 11.8 Å². The molecule has 0 fully saturated rings. The zero-order valence-electron chi connectivity index (χ0n) is 7.31. The summed E-state index contributed by atoms with van der Waals surface area (Å²) < 4.78 is 1.92. The standard InChI is InChI=1S/C10H7N4/c1-2-10-12-3-4-14(10)6-8(1)9-5-11-7-13-9/h1-2,4-7H,(H,11,13). The topological polar surface area (TPSA) is 46.0 Å². The predicted molar refractivity (Wildman–Crippen MR) is 51.6 cm³/mol. The highest BCUT2D eigenvalue weighted by molar-refractivity contribution is 5.59. The van der Waals surface area contributed by atoms with Crippen molar-refractivity contribution in [2.75, 3.05) is 0 Å². The molecule has 4 nitrogen and oxygen atoms in total. The molecule has 4 heteroatoms. The molecular formula is C10H7N4. The SMILES string of the molecule is [c]1cn2cc(-c3c[nH]cn3)ccc2n1. The van der Waals surface area contributed by atoms with E-state index in [-0.39, 0.29) is 0 Å². The first-order valence-corrected chi connectivity index (χ1v) is 4.27. The molecule has 3 aromatic rings. The Morgan fingerprint density at radius 3 is 3.21 bits per heavy atom. The van der Waals surface area contributed by atoms with Crippen molar-refractivity contribution >= 4 is 5.65 Å². The van der Waals surface area contributed by atoms with Gasteiger partial charge in [-0.2, -0.15) is 0 Å². The Labute approximate surface area is 80.3 Å². The number of nitrogens with zero attached hydrogens (tertiary/aromatic N) is 3. The molecule has 3 rings (SSSR count). The molecule has 0 aliphatic heterocycles. The first-order chi connectivity index (χ1) is 6.93. The van der Waals surface area contributed by atoms with Crippen molar-refractivity contribution < 1.29 is 0 Å². The molecule has 1 radical (unpaired) electrons. The summed E-state index contributed by atoms with van der Waals surface area (Å²) in [5.41, 5.74) is 2.88. The summed E-state index contributed by atoms with van der Waals surface area (Å²) in [7, 11) is 0. The van der Waals surface area contributed by atoms with Gasteiger partial charge in [-0.05, 0) is 12.1 Å². The van der Waals surface area contributed by atoms with E-state index in [1.54, 1.807) is 12.5 Å². The summed E-state index contributed by atoms with van der Waals surface area (Å²) in [5.74, 6) is 0. The second kappa shape index (κ2) is 2.70. The van der Waals surface area contributed by atoms with Crippen LogP contribution in [0.3, 0.4) is 0 Å². The van der Waals surface area contributed by atoms with Gasteiger partial charge in [-0.3, -0.25) is 0 Å². The first-order valence-electron chi connectivity index (χ1n) is 4.27. The molecule has 0 amide bonds. The molecule has 0 saturated heterocycles. The van der Waals surface area contributed by atoms with Gasteiger partial charge in [-0.1, -0.05) is 0 Å². The molecule has 3 heterocycles. The molecule has 0 saturated carbocycles. The van der Waals surface area contributed by atoms with E-state index in [2.05, 4.69) is 21.1 Å². The minimum Gasteiger partial charge on any atom is -0.351 e. The van der Waals surface area contributed by atoms with Crippen LogP contribution >= 0.6 is 0 Å². The Kier molecular flexibility index (Phi) is 1.41. The average Bonchev–Trinajstić information content (AvgIpc) is 2.88. The van der Waals surface area contributed by atoms with Crippen LogP contribution in [-0.2, 0) is 0 Å². The minimum absolute atomic E-state index is 0.893. The number of H-pyrrole nitrogens is 1. The van der Waals surface area contributed by atoms with Gasteiger partial charge >= 0.3 is 0 Å². The Balaban J connectivity index is 2.23. The molecular weight excluding hydrogens is 176 g/mol. The third-order valence-corrected chi connectivity index (χ3v) is 2.12. The van der Waals surface area contributed by atoms with Crippen LogP contribution in [0.25, 0.3) is 16.9 Å². The molecule has 0 atom stereocenters. The number of hydrogen-bond acceptors (Lipinski definition) is 2. The number of aromatic nitrogens is 4. The Hall–Kier alpha value is -2.10. The second-order valence-electron chi connectivity index (χ2n) is 3.01. The third-order valence-electron chi connectivity index (χ3n) is 2.12. The van der Waals surface area contributed by atoms with Gasteiger partial charge in [0, 0.05) is 24.2 Å². The molecule has 67 valence electrons. The summed E-state index contributed by atoms with van der Waals surface area (Å²) in [6.45, 7) is 0. The monoisotopic (exact) mass is 183 g/mol. The highest BCUT2D eigenvalue weighted by atomic mass is 15.0. The Morgan fingerprint density at radius 2 is 2.36 bits per heavy atom. The van der Waals surface area contributed by atoms with Crippen molar-refractivity contribution in [3.05, 3.63) is 43.2 Å². The second-order valence-corrected chi connectivity index (χ2v) is 3.01. The molecule has 0 bridgehead atoms. The molecule has 0 unspecified atom stereocenters. The van der Waals surface area contributed by atoms with Gasteiger partial charge < -0.3 is 9.38 Å². The molecule has 0 aliphatic rings. The lowest BCUT2D eigenvalue weighted by atomic mass is 10.2. The van der Waals surface area contributed by atoms with Gasteiger partial charge in [0.25, 0.3) is 0 Å². The van der Waals surface area contributed by atoms with Crippen molar-refractivity contribution in [2.45, 2.75) is 0 Å². The van der Waals surface area contributed by atoms with E-state index < -0.39 is 0 Å². The van der Waals surface area contributed by atoms with Crippen LogP contribution in [0, 0.1) is 6.20 Å². The largest absolute Gasteiger partial charge is 0.351 e. The fourth-order valence-electron chi connectivity index (χ4n) is 1.43. The number of imidazole rings is 2. The summed E-state index contributed by atoms with van der Waals surface area (Å²) in [4.78, 5) is 11.2. The van der Waals surface area contributed by atoms with Gasteiger partial charge in [0.15, 0.2) is 0 Å². The number of fused-ring (bicyclic) bond motifs is 1. The third kappa shape index (κ3) is 1.01. The summed E-state index contributed by atoms with van der Waals surface area (Å²) >= 11 is 0. The summed E-state index contributed by atoms with van der Waals surface area (Å²) in [6, 6.07) is 3.94. The van der Waals surface area contributed by atoms with Crippen LogP contribution in [0.1, 0.15) is 0 Å². The zero-order valence-corrected chi connectivity index (χ0v) is 7.31. The Bertz CT molecular complexity index is 550. The quantitative estimate of drug-likeness (QED) is 0.621. The van der Waals surface area contributed by atoms with E-state index >= 15 is 0 Å². The van der Waals surface area contributed by atoms with Crippen molar-refractivity contribution in [3.63, 3.8) is 0 Å². The minimum atomic E-state index is 0.893. The number of nitrogens with one attached hydrogen (secondary N) is 1. The summed E-state index contributed by atoms with van der Waals surface area (Å²) in [5, 5.41) is 0. The Morgan fingerprint density at radius 1 is 1.36 bits per heavy atom. The lowest BCUT2D eigenvalue weighted by Gasteiger charge is -1.97. The van der Waals surface area contributed by atoms with Gasteiger partial charge in [-0.15, -0.1) is 0 Å². The van der Waals surface area contributed by atoms with Crippen molar-refractivity contribution in [1.82, 2.24) is 19.4 Å². The highest BCUT2D eigenvalue weighted by Crippen LogP contribution is 2.15. The number of rotatable bonds is 1. The normalized spacial score (nSPS) is 10.9. The van der Waals surface area contributed by atoms with Gasteiger partial charge in [-0.25, -0.2) is 9.97 Å². The highest BCUT2D eigenvalue weighted by Gasteiger charge is 2.00. The maximum Gasteiger partial charge on any atom is 0.137 e. The van der Waals surface area contributed by atoms with Crippen LogP contribution < -0.4 is 0 Å². The lowest BCUT2D eigenvalue weighted by Crippen LogP contribution is -1.85. The van der Waals surface area contributed by atoms with Crippen LogP contribution in [0.4, 0.5) is 0 Å². The molecule has 0 aliphatic carbocycles. The fourth-order valence-corrected chi connectivity index (χ4v) is 1.43. The maximum absolute atomic E-state index is 4.18. The molecule has 0 spiro atoms. The lowest BCUT2D eigenvalue weighted by molar-refractivity contribution is 1.18. The van der Waals surface area contributed by atoms with Crippen LogP contribution in [0.2, 0.25) is 0 Å². The zero-order chi connectivity index (χ0) is 9.38. The van der Waals surface area contributed by atoms with Crippen LogP contribution in [-0.4, -0.2) is 19.4 Å². The van der Waals surface area contributed by atoms with Gasteiger partial charge in [0.05, 0.1) is 12.0 Å².